The van der Waals surface area contributed by atoms with E-state index in [1.807, 2.05) is 30.3 Å². The van der Waals surface area contributed by atoms with Crippen LogP contribution in [0.1, 0.15) is 23.5 Å². The van der Waals surface area contributed by atoms with Gasteiger partial charge in [-0.05, 0) is 47.7 Å². The Kier molecular flexibility index (Phi) is 4.71. The van der Waals surface area contributed by atoms with Crippen molar-refractivity contribution in [3.63, 3.8) is 0 Å². The highest BCUT2D eigenvalue weighted by atomic mass is 35.5. The van der Waals surface area contributed by atoms with Crippen LogP contribution in [0.2, 0.25) is 5.02 Å². The molecule has 4 N–H and O–H groups in total. The molecule has 6 heteroatoms. The first-order chi connectivity index (χ1) is 11.5. The van der Waals surface area contributed by atoms with Gasteiger partial charge in [0.25, 0.3) is 0 Å². The monoisotopic (exact) mass is 343 g/mol. The summed E-state index contributed by atoms with van der Waals surface area (Å²) >= 11 is 6.00. The van der Waals surface area contributed by atoms with E-state index in [9.17, 15) is 9.59 Å². The molecule has 3 rings (SSSR count). The fourth-order valence-electron chi connectivity index (χ4n) is 2.81. The average molecular weight is 344 g/mol. The lowest BCUT2D eigenvalue weighted by Crippen LogP contribution is -2.25. The van der Waals surface area contributed by atoms with Gasteiger partial charge >= 0.3 is 6.03 Å². The van der Waals surface area contributed by atoms with Crippen LogP contribution in [-0.4, -0.2) is 11.9 Å². The zero-order chi connectivity index (χ0) is 17.1. The predicted octanol–water partition coefficient (Wildman–Crippen LogP) is 3.25. The summed E-state index contributed by atoms with van der Waals surface area (Å²) in [5.41, 5.74) is 7.71. The number of urea groups is 1. The molecule has 0 bridgehead atoms. The molecule has 3 amide bonds. The molecular weight excluding hydrogens is 326 g/mol. The average Bonchev–Trinajstić information content (AvgIpc) is 3.33. The van der Waals surface area contributed by atoms with Crippen LogP contribution in [-0.2, 0) is 11.3 Å². The number of primary amides is 1. The highest BCUT2D eigenvalue weighted by Crippen LogP contribution is 2.47. The van der Waals surface area contributed by atoms with Crippen LogP contribution >= 0.6 is 11.6 Å². The second kappa shape index (κ2) is 6.93. The number of nitrogens with one attached hydrogen (secondary N) is 2. The molecule has 124 valence electrons. The van der Waals surface area contributed by atoms with Crippen LogP contribution in [0.3, 0.4) is 0 Å². The Morgan fingerprint density at radius 1 is 1.17 bits per heavy atom. The Balaban J connectivity index is 1.54. The van der Waals surface area contributed by atoms with Gasteiger partial charge in [-0.3, -0.25) is 4.79 Å². The van der Waals surface area contributed by atoms with Gasteiger partial charge in [0.15, 0.2) is 0 Å². The Morgan fingerprint density at radius 2 is 1.96 bits per heavy atom. The number of rotatable bonds is 5. The number of carbonyl (C=O) groups is 2. The van der Waals surface area contributed by atoms with E-state index in [2.05, 4.69) is 10.6 Å². The van der Waals surface area contributed by atoms with Gasteiger partial charge in [-0.15, -0.1) is 0 Å². The molecule has 24 heavy (non-hydrogen) atoms. The van der Waals surface area contributed by atoms with Crippen LogP contribution in [0.5, 0.6) is 0 Å². The van der Waals surface area contributed by atoms with Crippen LogP contribution < -0.4 is 16.4 Å². The van der Waals surface area contributed by atoms with Crippen molar-refractivity contribution in [2.45, 2.75) is 18.9 Å². The van der Waals surface area contributed by atoms with E-state index in [1.165, 1.54) is 0 Å². The van der Waals surface area contributed by atoms with Gasteiger partial charge in [0.1, 0.15) is 0 Å². The minimum Gasteiger partial charge on any atom is -0.352 e. The van der Waals surface area contributed by atoms with E-state index in [1.54, 1.807) is 18.2 Å². The topological polar surface area (TPSA) is 84.2 Å². The summed E-state index contributed by atoms with van der Waals surface area (Å²) in [4.78, 5) is 23.1. The number of carbonyl (C=O) groups excluding carboxylic acids is 2. The third-order valence-electron chi connectivity index (χ3n) is 4.07. The second-order valence-corrected chi connectivity index (χ2v) is 6.35. The summed E-state index contributed by atoms with van der Waals surface area (Å²) in [6.45, 7) is 0.409. The van der Waals surface area contributed by atoms with E-state index in [0.29, 0.717) is 17.3 Å². The first-order valence-corrected chi connectivity index (χ1v) is 8.09. The van der Waals surface area contributed by atoms with Crippen molar-refractivity contribution in [1.82, 2.24) is 5.32 Å². The summed E-state index contributed by atoms with van der Waals surface area (Å²) in [6, 6.07) is 14.3. The molecular formula is C18H18ClN3O2. The number of nitrogens with two attached hydrogens (primary N) is 1. The smallest absolute Gasteiger partial charge is 0.316 e. The van der Waals surface area contributed by atoms with E-state index in [4.69, 9.17) is 17.3 Å². The zero-order valence-corrected chi connectivity index (χ0v) is 13.7. The lowest BCUT2D eigenvalue weighted by Gasteiger charge is -2.08. The molecule has 1 aliphatic rings. The van der Waals surface area contributed by atoms with Crippen molar-refractivity contribution in [2.75, 3.05) is 5.32 Å². The SMILES string of the molecule is NC(=O)Nc1cccc(CNC(=O)[C@@H]2C[C@H]2c2cccc(Cl)c2)c1. The van der Waals surface area contributed by atoms with Crippen molar-refractivity contribution in [3.05, 3.63) is 64.7 Å². The third-order valence-corrected chi connectivity index (χ3v) is 4.30. The normalized spacial score (nSPS) is 18.7. The molecule has 5 nitrogen and oxygen atoms in total. The lowest BCUT2D eigenvalue weighted by atomic mass is 10.1. The lowest BCUT2D eigenvalue weighted by molar-refractivity contribution is -0.122. The van der Waals surface area contributed by atoms with Gasteiger partial charge < -0.3 is 16.4 Å². The first kappa shape index (κ1) is 16.3. The largest absolute Gasteiger partial charge is 0.352 e. The first-order valence-electron chi connectivity index (χ1n) is 7.71. The van der Waals surface area contributed by atoms with E-state index < -0.39 is 6.03 Å². The van der Waals surface area contributed by atoms with Gasteiger partial charge in [-0.1, -0.05) is 35.9 Å². The Hall–Kier alpha value is -2.53. The van der Waals surface area contributed by atoms with Crippen molar-refractivity contribution in [1.29, 1.82) is 0 Å². The molecule has 0 aromatic heterocycles. The molecule has 1 fully saturated rings. The Bertz CT molecular complexity index is 778. The van der Waals surface area contributed by atoms with Crippen molar-refractivity contribution in [3.8, 4) is 0 Å². The van der Waals surface area contributed by atoms with Gasteiger partial charge in [0, 0.05) is 23.2 Å². The molecule has 0 saturated heterocycles. The van der Waals surface area contributed by atoms with E-state index >= 15 is 0 Å². The molecule has 0 radical (unpaired) electrons. The number of hydrogen-bond acceptors (Lipinski definition) is 2. The maximum absolute atomic E-state index is 12.3. The highest BCUT2D eigenvalue weighted by Gasteiger charge is 2.43. The van der Waals surface area contributed by atoms with E-state index in [-0.39, 0.29) is 17.7 Å². The fraction of sp³-hybridized carbons (Fsp3) is 0.222. The zero-order valence-electron chi connectivity index (χ0n) is 13.0. The fourth-order valence-corrected chi connectivity index (χ4v) is 3.01. The minimum atomic E-state index is -0.612. The van der Waals surface area contributed by atoms with Gasteiger partial charge in [-0.25, -0.2) is 4.79 Å². The molecule has 0 aliphatic heterocycles. The maximum Gasteiger partial charge on any atom is 0.316 e. The number of amides is 3. The number of halogens is 1. The number of hydrogen-bond donors (Lipinski definition) is 3. The molecule has 0 unspecified atom stereocenters. The number of anilines is 1. The van der Waals surface area contributed by atoms with E-state index in [0.717, 1.165) is 17.5 Å². The third kappa shape index (κ3) is 4.06. The number of benzene rings is 2. The summed E-state index contributed by atoms with van der Waals surface area (Å²) in [5.74, 6) is 0.273. The van der Waals surface area contributed by atoms with Gasteiger partial charge in [0.2, 0.25) is 5.91 Å². The summed E-state index contributed by atoms with van der Waals surface area (Å²) in [6.07, 6.45) is 0.843. The molecule has 2 atom stereocenters. The second-order valence-electron chi connectivity index (χ2n) is 5.91. The quantitative estimate of drug-likeness (QED) is 0.778. The standard InChI is InChI=1S/C18H18ClN3O2/c19-13-5-2-4-12(8-13)15-9-16(15)17(23)21-10-11-3-1-6-14(7-11)22-18(20)24/h1-8,15-16H,9-10H2,(H,21,23)(H3,20,22,24)/t15-,16+/m0/s1. The maximum atomic E-state index is 12.3. The van der Waals surface area contributed by atoms with Crippen LogP contribution in [0.25, 0.3) is 0 Å². The molecule has 1 saturated carbocycles. The van der Waals surface area contributed by atoms with Crippen molar-refractivity contribution < 1.29 is 9.59 Å². The Morgan fingerprint density at radius 3 is 2.71 bits per heavy atom. The van der Waals surface area contributed by atoms with Crippen LogP contribution in [0.15, 0.2) is 48.5 Å². The highest BCUT2D eigenvalue weighted by molar-refractivity contribution is 6.30. The van der Waals surface area contributed by atoms with Crippen LogP contribution in [0, 0.1) is 5.92 Å². The molecule has 1 aliphatic carbocycles. The summed E-state index contributed by atoms with van der Waals surface area (Å²) < 4.78 is 0. The van der Waals surface area contributed by atoms with Crippen molar-refractivity contribution in [2.24, 2.45) is 11.7 Å². The Labute approximate surface area is 145 Å². The molecule has 0 heterocycles. The van der Waals surface area contributed by atoms with Crippen molar-refractivity contribution >= 4 is 29.2 Å². The predicted molar refractivity (Wildman–Crippen MR) is 93.8 cm³/mol. The summed E-state index contributed by atoms with van der Waals surface area (Å²) in [5, 5.41) is 6.15. The van der Waals surface area contributed by atoms with Gasteiger partial charge in [0.05, 0.1) is 0 Å². The molecule has 2 aromatic carbocycles. The molecule has 2 aromatic rings. The minimum absolute atomic E-state index is 0.00426. The summed E-state index contributed by atoms with van der Waals surface area (Å²) in [7, 11) is 0. The molecule has 0 spiro atoms. The van der Waals surface area contributed by atoms with Crippen LogP contribution in [0.4, 0.5) is 10.5 Å². The van der Waals surface area contributed by atoms with Gasteiger partial charge in [-0.2, -0.15) is 0 Å².